The van der Waals surface area contributed by atoms with Crippen LogP contribution in [-0.4, -0.2) is 24.7 Å². The summed E-state index contributed by atoms with van der Waals surface area (Å²) in [5, 5.41) is 0. The maximum absolute atomic E-state index is 11.8. The van der Waals surface area contributed by atoms with Crippen LogP contribution in [0.4, 0.5) is 0 Å². The van der Waals surface area contributed by atoms with Crippen molar-refractivity contribution in [3.63, 3.8) is 0 Å². The SMILES string of the molecule is CCOC(=O)c1sc(=O)[nH]c1-c1ccc(OC)cc1. The van der Waals surface area contributed by atoms with Gasteiger partial charge in [0.05, 0.1) is 19.4 Å². The van der Waals surface area contributed by atoms with Gasteiger partial charge >= 0.3 is 10.8 Å². The van der Waals surface area contributed by atoms with Gasteiger partial charge in [0.2, 0.25) is 0 Å². The summed E-state index contributed by atoms with van der Waals surface area (Å²) in [6.07, 6.45) is 0. The van der Waals surface area contributed by atoms with Crippen LogP contribution in [0.5, 0.6) is 5.75 Å². The monoisotopic (exact) mass is 279 g/mol. The molecule has 0 fully saturated rings. The largest absolute Gasteiger partial charge is 0.497 e. The minimum Gasteiger partial charge on any atom is -0.497 e. The van der Waals surface area contributed by atoms with Crippen LogP contribution in [0.1, 0.15) is 16.6 Å². The lowest BCUT2D eigenvalue weighted by atomic mass is 10.1. The summed E-state index contributed by atoms with van der Waals surface area (Å²) in [4.78, 5) is 25.9. The Morgan fingerprint density at radius 1 is 1.32 bits per heavy atom. The lowest BCUT2D eigenvalue weighted by molar-refractivity contribution is 0.0532. The number of esters is 1. The van der Waals surface area contributed by atoms with Crippen molar-refractivity contribution in [2.75, 3.05) is 13.7 Å². The molecule has 0 spiro atoms. The minimum atomic E-state index is -0.489. The fourth-order valence-electron chi connectivity index (χ4n) is 1.63. The smallest absolute Gasteiger partial charge is 0.350 e. The van der Waals surface area contributed by atoms with E-state index >= 15 is 0 Å². The number of benzene rings is 1. The van der Waals surface area contributed by atoms with Crippen molar-refractivity contribution >= 4 is 17.3 Å². The lowest BCUT2D eigenvalue weighted by Gasteiger charge is -2.04. The van der Waals surface area contributed by atoms with Gasteiger partial charge in [-0.2, -0.15) is 0 Å². The summed E-state index contributed by atoms with van der Waals surface area (Å²) >= 11 is 0.850. The highest BCUT2D eigenvalue weighted by Gasteiger charge is 2.18. The molecule has 1 aromatic carbocycles. The molecule has 0 unspecified atom stereocenters. The van der Waals surface area contributed by atoms with Crippen LogP contribution in [-0.2, 0) is 4.74 Å². The summed E-state index contributed by atoms with van der Waals surface area (Å²) in [6, 6.07) is 7.08. The second-order valence-electron chi connectivity index (χ2n) is 3.67. The average molecular weight is 279 g/mol. The third kappa shape index (κ3) is 2.85. The first-order valence-corrected chi connectivity index (χ1v) is 6.52. The van der Waals surface area contributed by atoms with Crippen molar-refractivity contribution in [1.82, 2.24) is 4.98 Å². The van der Waals surface area contributed by atoms with Crippen molar-refractivity contribution in [1.29, 1.82) is 0 Å². The molecule has 0 radical (unpaired) electrons. The molecule has 6 heteroatoms. The molecule has 0 amide bonds. The molecule has 5 nitrogen and oxygen atoms in total. The van der Waals surface area contributed by atoms with Gasteiger partial charge in [0.1, 0.15) is 10.6 Å². The predicted molar refractivity (Wildman–Crippen MR) is 72.9 cm³/mol. The van der Waals surface area contributed by atoms with Crippen molar-refractivity contribution in [3.05, 3.63) is 38.8 Å². The van der Waals surface area contributed by atoms with Crippen LogP contribution in [0.25, 0.3) is 11.3 Å². The van der Waals surface area contributed by atoms with Gasteiger partial charge < -0.3 is 14.5 Å². The number of ether oxygens (including phenoxy) is 2. The molecule has 100 valence electrons. The van der Waals surface area contributed by atoms with E-state index in [1.54, 1.807) is 38.3 Å². The highest BCUT2D eigenvalue weighted by atomic mass is 32.1. The molecule has 1 heterocycles. The molecule has 1 aromatic heterocycles. The Hall–Kier alpha value is -2.08. The van der Waals surface area contributed by atoms with E-state index in [2.05, 4.69) is 4.98 Å². The van der Waals surface area contributed by atoms with E-state index in [-0.39, 0.29) is 16.4 Å². The van der Waals surface area contributed by atoms with Crippen LogP contribution < -0.4 is 9.61 Å². The Bertz CT molecular complexity index is 627. The van der Waals surface area contributed by atoms with Gasteiger partial charge in [-0.1, -0.05) is 11.3 Å². The van der Waals surface area contributed by atoms with Crippen molar-refractivity contribution in [2.45, 2.75) is 6.92 Å². The molecule has 0 bridgehead atoms. The summed E-state index contributed by atoms with van der Waals surface area (Å²) in [5.74, 6) is 0.218. The zero-order chi connectivity index (χ0) is 13.8. The highest BCUT2D eigenvalue weighted by Crippen LogP contribution is 2.25. The molecular formula is C13H13NO4S. The topological polar surface area (TPSA) is 68.4 Å². The number of carbonyl (C=O) groups excluding carboxylic acids is 1. The van der Waals surface area contributed by atoms with Crippen LogP contribution in [0.15, 0.2) is 29.1 Å². The quantitative estimate of drug-likeness (QED) is 0.872. The van der Waals surface area contributed by atoms with Crippen molar-refractivity contribution in [3.8, 4) is 17.0 Å². The van der Waals surface area contributed by atoms with Gasteiger partial charge in [-0.25, -0.2) is 4.79 Å². The number of methoxy groups -OCH3 is 1. The summed E-state index contributed by atoms with van der Waals surface area (Å²) < 4.78 is 10.0. The molecule has 0 aliphatic rings. The van der Waals surface area contributed by atoms with Crippen molar-refractivity contribution < 1.29 is 14.3 Å². The second-order valence-corrected chi connectivity index (χ2v) is 4.65. The summed E-state index contributed by atoms with van der Waals surface area (Å²) in [6.45, 7) is 1.99. The van der Waals surface area contributed by atoms with Crippen LogP contribution >= 0.6 is 11.3 Å². The first-order valence-electron chi connectivity index (χ1n) is 5.70. The Balaban J connectivity index is 2.43. The van der Waals surface area contributed by atoms with Gasteiger partial charge in [0.25, 0.3) is 0 Å². The molecule has 0 saturated heterocycles. The number of rotatable bonds is 4. The van der Waals surface area contributed by atoms with E-state index in [4.69, 9.17) is 9.47 Å². The van der Waals surface area contributed by atoms with E-state index in [0.717, 1.165) is 16.9 Å². The van der Waals surface area contributed by atoms with E-state index in [0.29, 0.717) is 11.4 Å². The average Bonchev–Trinajstić information content (AvgIpc) is 2.81. The molecule has 2 rings (SSSR count). The Morgan fingerprint density at radius 2 is 2.00 bits per heavy atom. The molecular weight excluding hydrogens is 266 g/mol. The fraction of sp³-hybridized carbons (Fsp3) is 0.231. The van der Waals surface area contributed by atoms with E-state index in [9.17, 15) is 9.59 Å². The van der Waals surface area contributed by atoms with Crippen LogP contribution in [0.3, 0.4) is 0 Å². The number of aromatic nitrogens is 1. The van der Waals surface area contributed by atoms with Gasteiger partial charge in [-0.3, -0.25) is 4.79 Å². The van der Waals surface area contributed by atoms with E-state index in [1.807, 2.05) is 0 Å². The second kappa shape index (κ2) is 5.71. The third-order valence-electron chi connectivity index (χ3n) is 2.49. The van der Waals surface area contributed by atoms with Gasteiger partial charge in [-0.15, -0.1) is 0 Å². The normalized spacial score (nSPS) is 10.2. The molecule has 1 N–H and O–H groups in total. The fourth-order valence-corrected chi connectivity index (χ4v) is 2.38. The van der Waals surface area contributed by atoms with Gasteiger partial charge in [-0.05, 0) is 31.2 Å². The Labute approximate surface area is 113 Å². The first-order chi connectivity index (χ1) is 9.15. The van der Waals surface area contributed by atoms with E-state index in [1.165, 1.54) is 0 Å². The Kier molecular flexibility index (Phi) is 4.01. The van der Waals surface area contributed by atoms with Crippen LogP contribution in [0.2, 0.25) is 0 Å². The molecule has 19 heavy (non-hydrogen) atoms. The third-order valence-corrected chi connectivity index (χ3v) is 3.35. The maximum atomic E-state index is 11.8. The standard InChI is InChI=1S/C13H13NO4S/c1-3-18-12(15)11-10(14-13(16)19-11)8-4-6-9(17-2)7-5-8/h4-7H,3H2,1-2H3,(H,14,16). The lowest BCUT2D eigenvalue weighted by Crippen LogP contribution is -2.03. The number of carbonyl (C=O) groups is 1. The minimum absolute atomic E-state index is 0.271. The molecule has 2 aromatic rings. The summed E-state index contributed by atoms with van der Waals surface area (Å²) in [7, 11) is 1.57. The van der Waals surface area contributed by atoms with E-state index < -0.39 is 5.97 Å². The molecule has 0 saturated carbocycles. The molecule has 0 aliphatic heterocycles. The number of thiazole rings is 1. The molecule has 0 aliphatic carbocycles. The highest BCUT2D eigenvalue weighted by molar-refractivity contribution is 7.11. The summed E-state index contributed by atoms with van der Waals surface area (Å²) in [5.41, 5.74) is 1.22. The first kappa shape index (κ1) is 13.4. The zero-order valence-corrected chi connectivity index (χ0v) is 11.4. The predicted octanol–water partition coefficient (Wildman–Crippen LogP) is 2.29. The Morgan fingerprint density at radius 3 is 2.58 bits per heavy atom. The van der Waals surface area contributed by atoms with Crippen LogP contribution in [0, 0.1) is 0 Å². The number of hydrogen-bond donors (Lipinski definition) is 1. The van der Waals surface area contributed by atoms with Crippen molar-refractivity contribution in [2.24, 2.45) is 0 Å². The number of nitrogens with one attached hydrogen (secondary N) is 1. The molecule has 0 atom stereocenters. The zero-order valence-electron chi connectivity index (χ0n) is 10.6. The number of hydrogen-bond acceptors (Lipinski definition) is 5. The van der Waals surface area contributed by atoms with Gasteiger partial charge in [0.15, 0.2) is 0 Å². The number of aromatic amines is 1. The maximum Gasteiger partial charge on any atom is 0.350 e. The number of H-pyrrole nitrogens is 1. The van der Waals surface area contributed by atoms with Gasteiger partial charge in [0, 0.05) is 5.56 Å².